The molecule has 1 amide bonds. The van der Waals surface area contributed by atoms with Crippen LogP contribution in [0.3, 0.4) is 0 Å². The standard InChI is InChI=1S/C12H16N2O2/c13-6-5-10-3-1-2-4-11(10)14-7-8-16-9-12(14)15/h1-4H,5-9,13H2. The van der Waals surface area contributed by atoms with Gasteiger partial charge >= 0.3 is 0 Å². The summed E-state index contributed by atoms with van der Waals surface area (Å²) < 4.78 is 5.12. The van der Waals surface area contributed by atoms with Crippen LogP contribution in [0.15, 0.2) is 24.3 Å². The summed E-state index contributed by atoms with van der Waals surface area (Å²) in [6.45, 7) is 2.00. The van der Waals surface area contributed by atoms with Crippen molar-refractivity contribution in [2.24, 2.45) is 5.73 Å². The molecule has 0 bridgehead atoms. The van der Waals surface area contributed by atoms with Gasteiger partial charge in [-0.3, -0.25) is 4.79 Å². The highest BCUT2D eigenvalue weighted by atomic mass is 16.5. The van der Waals surface area contributed by atoms with Gasteiger partial charge in [-0.2, -0.15) is 0 Å². The van der Waals surface area contributed by atoms with E-state index >= 15 is 0 Å². The molecule has 0 aromatic heterocycles. The van der Waals surface area contributed by atoms with E-state index in [-0.39, 0.29) is 12.5 Å². The molecule has 0 saturated carbocycles. The number of benzene rings is 1. The largest absolute Gasteiger partial charge is 0.370 e. The minimum atomic E-state index is 0.0238. The molecule has 1 heterocycles. The Hall–Kier alpha value is -1.39. The molecule has 1 aromatic rings. The van der Waals surface area contributed by atoms with E-state index in [1.54, 1.807) is 4.90 Å². The Morgan fingerprint density at radius 3 is 2.94 bits per heavy atom. The Kier molecular flexibility index (Phi) is 3.54. The molecule has 1 saturated heterocycles. The van der Waals surface area contributed by atoms with E-state index in [2.05, 4.69) is 0 Å². The highest BCUT2D eigenvalue weighted by Crippen LogP contribution is 2.22. The smallest absolute Gasteiger partial charge is 0.253 e. The Balaban J connectivity index is 2.27. The van der Waals surface area contributed by atoms with Crippen LogP contribution in [0.5, 0.6) is 0 Å². The molecule has 1 aliphatic heterocycles. The maximum atomic E-state index is 11.7. The van der Waals surface area contributed by atoms with E-state index in [4.69, 9.17) is 10.5 Å². The molecule has 2 N–H and O–H groups in total. The van der Waals surface area contributed by atoms with Crippen molar-refractivity contribution in [1.29, 1.82) is 0 Å². The molecule has 4 nitrogen and oxygen atoms in total. The number of nitrogens with zero attached hydrogens (tertiary/aromatic N) is 1. The third-order valence-corrected chi connectivity index (χ3v) is 2.68. The van der Waals surface area contributed by atoms with Crippen LogP contribution in [0.25, 0.3) is 0 Å². The van der Waals surface area contributed by atoms with Crippen molar-refractivity contribution in [3.63, 3.8) is 0 Å². The monoisotopic (exact) mass is 220 g/mol. The molecule has 86 valence electrons. The van der Waals surface area contributed by atoms with Crippen LogP contribution in [0, 0.1) is 0 Å². The molecule has 1 fully saturated rings. The number of morpholine rings is 1. The second-order valence-electron chi connectivity index (χ2n) is 3.77. The fourth-order valence-electron chi connectivity index (χ4n) is 1.91. The van der Waals surface area contributed by atoms with Crippen LogP contribution in [-0.4, -0.2) is 32.2 Å². The lowest BCUT2D eigenvalue weighted by Gasteiger charge is -2.28. The SMILES string of the molecule is NCCc1ccccc1N1CCOCC1=O. The van der Waals surface area contributed by atoms with Gasteiger partial charge in [0.15, 0.2) is 0 Å². The molecule has 16 heavy (non-hydrogen) atoms. The number of nitrogens with two attached hydrogens (primary N) is 1. The molecule has 0 unspecified atom stereocenters. The van der Waals surface area contributed by atoms with Gasteiger partial charge in [0.25, 0.3) is 5.91 Å². The van der Waals surface area contributed by atoms with Gasteiger partial charge in [0.05, 0.1) is 6.61 Å². The lowest BCUT2D eigenvalue weighted by molar-refractivity contribution is -0.125. The predicted octanol–water partition coefficient (Wildman–Crippen LogP) is 0.551. The second-order valence-corrected chi connectivity index (χ2v) is 3.77. The van der Waals surface area contributed by atoms with E-state index in [1.807, 2.05) is 24.3 Å². The van der Waals surface area contributed by atoms with Gasteiger partial charge < -0.3 is 15.4 Å². The van der Waals surface area contributed by atoms with Crippen molar-refractivity contribution in [3.8, 4) is 0 Å². The Morgan fingerprint density at radius 2 is 2.19 bits per heavy atom. The summed E-state index contributed by atoms with van der Waals surface area (Å²) in [4.78, 5) is 13.5. The van der Waals surface area contributed by atoms with Gasteiger partial charge in [-0.15, -0.1) is 0 Å². The van der Waals surface area contributed by atoms with Crippen molar-refractivity contribution in [3.05, 3.63) is 29.8 Å². The van der Waals surface area contributed by atoms with E-state index < -0.39 is 0 Å². The zero-order valence-corrected chi connectivity index (χ0v) is 9.19. The van der Waals surface area contributed by atoms with Gasteiger partial charge in [-0.25, -0.2) is 0 Å². The van der Waals surface area contributed by atoms with Crippen molar-refractivity contribution >= 4 is 11.6 Å². The third-order valence-electron chi connectivity index (χ3n) is 2.68. The molecule has 0 aliphatic carbocycles. The number of rotatable bonds is 3. The summed E-state index contributed by atoms with van der Waals surface area (Å²) in [5.74, 6) is 0.0238. The van der Waals surface area contributed by atoms with Gasteiger partial charge in [0, 0.05) is 12.2 Å². The lowest BCUT2D eigenvalue weighted by Crippen LogP contribution is -2.42. The Bertz CT molecular complexity index is 379. The van der Waals surface area contributed by atoms with Crippen LogP contribution < -0.4 is 10.6 Å². The Labute approximate surface area is 95.0 Å². The van der Waals surface area contributed by atoms with Crippen LogP contribution in [0.4, 0.5) is 5.69 Å². The summed E-state index contributed by atoms with van der Waals surface area (Å²) >= 11 is 0. The minimum Gasteiger partial charge on any atom is -0.370 e. The van der Waals surface area contributed by atoms with Crippen molar-refractivity contribution < 1.29 is 9.53 Å². The fraction of sp³-hybridized carbons (Fsp3) is 0.417. The normalized spacial score (nSPS) is 16.6. The van der Waals surface area contributed by atoms with Crippen LogP contribution in [-0.2, 0) is 16.0 Å². The van der Waals surface area contributed by atoms with Gasteiger partial charge in [0.1, 0.15) is 6.61 Å². The number of hydrogen-bond acceptors (Lipinski definition) is 3. The van der Waals surface area contributed by atoms with Crippen LogP contribution in [0.2, 0.25) is 0 Å². The number of amides is 1. The highest BCUT2D eigenvalue weighted by Gasteiger charge is 2.21. The van der Waals surface area contributed by atoms with E-state index in [9.17, 15) is 4.79 Å². The van der Waals surface area contributed by atoms with Gasteiger partial charge in [-0.1, -0.05) is 18.2 Å². The molecule has 2 rings (SSSR count). The fourth-order valence-corrected chi connectivity index (χ4v) is 1.91. The molecule has 4 heteroatoms. The highest BCUT2D eigenvalue weighted by molar-refractivity contribution is 5.95. The summed E-state index contributed by atoms with van der Waals surface area (Å²) in [5.41, 5.74) is 7.66. The van der Waals surface area contributed by atoms with Crippen molar-refractivity contribution in [2.75, 3.05) is 31.2 Å². The first kappa shape index (κ1) is 11.1. The number of carbonyl (C=O) groups excluding carboxylic acids is 1. The third kappa shape index (κ3) is 2.23. The lowest BCUT2D eigenvalue weighted by atomic mass is 10.1. The van der Waals surface area contributed by atoms with Crippen molar-refractivity contribution in [1.82, 2.24) is 0 Å². The predicted molar refractivity (Wildman–Crippen MR) is 62.4 cm³/mol. The summed E-state index contributed by atoms with van der Waals surface area (Å²) in [6.07, 6.45) is 0.792. The van der Waals surface area contributed by atoms with Crippen molar-refractivity contribution in [2.45, 2.75) is 6.42 Å². The minimum absolute atomic E-state index is 0.0238. The van der Waals surface area contributed by atoms with Gasteiger partial charge in [0.2, 0.25) is 0 Å². The van der Waals surface area contributed by atoms with Crippen LogP contribution in [0.1, 0.15) is 5.56 Å². The van der Waals surface area contributed by atoms with Crippen LogP contribution >= 0.6 is 0 Å². The Morgan fingerprint density at radius 1 is 1.38 bits per heavy atom. The molecule has 0 radical (unpaired) electrons. The number of carbonyl (C=O) groups is 1. The molecule has 0 atom stereocenters. The quantitative estimate of drug-likeness (QED) is 0.809. The molecule has 1 aliphatic rings. The zero-order chi connectivity index (χ0) is 11.4. The first-order valence-electron chi connectivity index (χ1n) is 5.49. The molecule has 0 spiro atoms. The first-order chi connectivity index (χ1) is 7.83. The number of anilines is 1. The van der Waals surface area contributed by atoms with E-state index in [0.717, 1.165) is 17.7 Å². The average Bonchev–Trinajstić information content (AvgIpc) is 2.31. The number of para-hydroxylation sites is 1. The summed E-state index contributed by atoms with van der Waals surface area (Å²) in [7, 11) is 0. The number of ether oxygens (including phenoxy) is 1. The molecular formula is C12H16N2O2. The van der Waals surface area contributed by atoms with E-state index in [0.29, 0.717) is 19.7 Å². The maximum absolute atomic E-state index is 11.7. The van der Waals surface area contributed by atoms with Gasteiger partial charge in [-0.05, 0) is 24.6 Å². The van der Waals surface area contributed by atoms with E-state index in [1.165, 1.54) is 0 Å². The average molecular weight is 220 g/mol. The summed E-state index contributed by atoms with van der Waals surface area (Å²) in [5, 5.41) is 0. The first-order valence-corrected chi connectivity index (χ1v) is 5.49. The second kappa shape index (κ2) is 5.09. The summed E-state index contributed by atoms with van der Waals surface area (Å²) in [6, 6.07) is 7.90. The number of hydrogen-bond donors (Lipinski definition) is 1. The topological polar surface area (TPSA) is 55.6 Å². The zero-order valence-electron chi connectivity index (χ0n) is 9.19. The maximum Gasteiger partial charge on any atom is 0.253 e. The molecular weight excluding hydrogens is 204 g/mol. The molecule has 1 aromatic carbocycles.